The number of aryl methyl sites for hydroxylation is 1. The topological polar surface area (TPSA) is 65.5 Å². The first-order chi connectivity index (χ1) is 11.7. The second-order valence-corrected chi connectivity index (χ2v) is 7.18. The molecule has 1 saturated heterocycles. The molecule has 0 radical (unpaired) electrons. The number of likely N-dealkylation sites (tertiary alicyclic amines) is 1. The fourth-order valence-electron chi connectivity index (χ4n) is 3.11. The van der Waals surface area contributed by atoms with Crippen molar-refractivity contribution in [3.63, 3.8) is 0 Å². The summed E-state index contributed by atoms with van der Waals surface area (Å²) in [6.07, 6.45) is 4.64. The molecule has 2 unspecified atom stereocenters. The Morgan fingerprint density at radius 2 is 2.25 bits per heavy atom. The molecule has 1 aliphatic heterocycles. The van der Waals surface area contributed by atoms with Crippen LogP contribution in [0.3, 0.4) is 0 Å². The van der Waals surface area contributed by atoms with E-state index >= 15 is 0 Å². The van der Waals surface area contributed by atoms with Gasteiger partial charge < -0.3 is 10.0 Å². The number of rotatable bonds is 5. The minimum atomic E-state index is -0.545. The van der Waals surface area contributed by atoms with E-state index in [0.717, 1.165) is 36.2 Å². The zero-order valence-corrected chi connectivity index (χ0v) is 14.6. The highest BCUT2D eigenvalue weighted by atomic mass is 32.1. The zero-order valence-electron chi connectivity index (χ0n) is 13.8. The van der Waals surface area contributed by atoms with E-state index < -0.39 is 6.10 Å². The molecule has 6 heteroatoms. The highest BCUT2D eigenvalue weighted by molar-refractivity contribution is 7.15. The van der Waals surface area contributed by atoms with Crippen molar-refractivity contribution in [3.05, 3.63) is 47.0 Å². The molecule has 2 aromatic rings. The van der Waals surface area contributed by atoms with Gasteiger partial charge in [-0.15, -0.1) is 11.3 Å². The van der Waals surface area contributed by atoms with Crippen molar-refractivity contribution in [2.75, 3.05) is 11.9 Å². The molecular weight excluding hydrogens is 322 g/mol. The van der Waals surface area contributed by atoms with Gasteiger partial charge in [0.1, 0.15) is 0 Å². The standard InChI is InChI=1S/C18H23N3O2S/c1-2-15-12-19-17(24-15)20-18(23)21-10-6-9-14(21)11-16(22)13-7-4-3-5-8-13/h3-5,7-8,12,14,16,22H,2,6,9-11H2,1H3,(H,19,20,23). The number of aliphatic hydroxyl groups excluding tert-OH is 1. The van der Waals surface area contributed by atoms with Crippen LogP contribution in [0, 0.1) is 0 Å². The van der Waals surface area contributed by atoms with Crippen LogP contribution in [0.5, 0.6) is 0 Å². The quantitative estimate of drug-likeness (QED) is 0.865. The van der Waals surface area contributed by atoms with Gasteiger partial charge in [0.2, 0.25) is 0 Å². The first-order valence-electron chi connectivity index (χ1n) is 8.42. The number of nitrogens with one attached hydrogen (secondary N) is 1. The van der Waals surface area contributed by atoms with E-state index in [4.69, 9.17) is 0 Å². The van der Waals surface area contributed by atoms with Gasteiger partial charge in [-0.2, -0.15) is 0 Å². The van der Waals surface area contributed by atoms with Gasteiger partial charge in [-0.25, -0.2) is 9.78 Å². The summed E-state index contributed by atoms with van der Waals surface area (Å²) in [4.78, 5) is 19.8. The number of thiazole rings is 1. The number of benzene rings is 1. The van der Waals surface area contributed by atoms with Gasteiger partial charge in [-0.1, -0.05) is 37.3 Å². The lowest BCUT2D eigenvalue weighted by atomic mass is 10.0. The summed E-state index contributed by atoms with van der Waals surface area (Å²) >= 11 is 1.51. The molecule has 128 valence electrons. The molecule has 1 aliphatic rings. The van der Waals surface area contributed by atoms with Crippen LogP contribution < -0.4 is 5.32 Å². The number of aliphatic hydroxyl groups is 1. The SMILES string of the molecule is CCc1cnc(NC(=O)N2CCCC2CC(O)c2ccccc2)s1. The lowest BCUT2D eigenvalue weighted by molar-refractivity contribution is 0.130. The maximum absolute atomic E-state index is 12.5. The Morgan fingerprint density at radius 1 is 1.46 bits per heavy atom. The number of nitrogens with zero attached hydrogens (tertiary/aromatic N) is 2. The van der Waals surface area contributed by atoms with Gasteiger partial charge in [-0.05, 0) is 31.2 Å². The van der Waals surface area contributed by atoms with Gasteiger partial charge >= 0.3 is 6.03 Å². The van der Waals surface area contributed by atoms with Crippen LogP contribution in [0.15, 0.2) is 36.5 Å². The third kappa shape index (κ3) is 3.94. The molecule has 2 heterocycles. The predicted octanol–water partition coefficient (Wildman–Crippen LogP) is 3.83. The van der Waals surface area contributed by atoms with Gasteiger partial charge in [0, 0.05) is 23.7 Å². The van der Waals surface area contributed by atoms with E-state index in [1.165, 1.54) is 11.3 Å². The molecule has 2 amide bonds. The Morgan fingerprint density at radius 3 is 2.96 bits per heavy atom. The van der Waals surface area contributed by atoms with Crippen molar-refractivity contribution >= 4 is 22.5 Å². The van der Waals surface area contributed by atoms with Crippen LogP contribution in [0.2, 0.25) is 0 Å². The molecule has 0 bridgehead atoms. The first-order valence-corrected chi connectivity index (χ1v) is 9.24. The zero-order chi connectivity index (χ0) is 16.9. The molecule has 5 nitrogen and oxygen atoms in total. The summed E-state index contributed by atoms with van der Waals surface area (Å²) in [5.41, 5.74) is 0.900. The van der Waals surface area contributed by atoms with E-state index in [-0.39, 0.29) is 12.1 Å². The summed E-state index contributed by atoms with van der Waals surface area (Å²) in [6, 6.07) is 9.57. The number of hydrogen-bond donors (Lipinski definition) is 2. The predicted molar refractivity (Wildman–Crippen MR) is 96.3 cm³/mol. The number of carbonyl (C=O) groups excluding carboxylic acids is 1. The lowest BCUT2D eigenvalue weighted by Crippen LogP contribution is -2.39. The van der Waals surface area contributed by atoms with E-state index in [0.29, 0.717) is 11.6 Å². The number of anilines is 1. The molecular formula is C18H23N3O2S. The highest BCUT2D eigenvalue weighted by Crippen LogP contribution is 2.28. The van der Waals surface area contributed by atoms with Crippen molar-refractivity contribution in [3.8, 4) is 0 Å². The van der Waals surface area contributed by atoms with Gasteiger partial charge in [0.05, 0.1) is 6.10 Å². The average Bonchev–Trinajstić information content (AvgIpc) is 3.24. The first kappa shape index (κ1) is 16.9. The monoisotopic (exact) mass is 345 g/mol. The van der Waals surface area contributed by atoms with E-state index in [1.54, 1.807) is 6.20 Å². The molecule has 2 atom stereocenters. The lowest BCUT2D eigenvalue weighted by Gasteiger charge is -2.26. The van der Waals surface area contributed by atoms with Gasteiger partial charge in [0.25, 0.3) is 0 Å². The van der Waals surface area contributed by atoms with Crippen molar-refractivity contribution in [2.24, 2.45) is 0 Å². The van der Waals surface area contributed by atoms with Crippen LogP contribution in [-0.2, 0) is 6.42 Å². The summed E-state index contributed by atoms with van der Waals surface area (Å²) in [7, 11) is 0. The number of carbonyl (C=O) groups is 1. The van der Waals surface area contributed by atoms with Crippen LogP contribution in [-0.4, -0.2) is 33.6 Å². The number of urea groups is 1. The second kappa shape index (κ2) is 7.77. The van der Waals surface area contributed by atoms with Gasteiger partial charge in [-0.3, -0.25) is 5.32 Å². The molecule has 2 N–H and O–H groups in total. The smallest absolute Gasteiger partial charge is 0.323 e. The van der Waals surface area contributed by atoms with Crippen molar-refractivity contribution in [1.82, 2.24) is 9.88 Å². The number of aromatic nitrogens is 1. The summed E-state index contributed by atoms with van der Waals surface area (Å²) in [5, 5.41) is 14.0. The van der Waals surface area contributed by atoms with Crippen molar-refractivity contribution in [1.29, 1.82) is 0 Å². The van der Waals surface area contributed by atoms with Crippen LogP contribution in [0.25, 0.3) is 0 Å². The number of amides is 2. The second-order valence-electron chi connectivity index (χ2n) is 6.07. The fourth-order valence-corrected chi connectivity index (χ4v) is 3.85. The Labute approximate surface area is 146 Å². The Hall–Kier alpha value is -1.92. The highest BCUT2D eigenvalue weighted by Gasteiger charge is 2.31. The molecule has 1 aromatic carbocycles. The average molecular weight is 345 g/mol. The largest absolute Gasteiger partial charge is 0.388 e. The Kier molecular flexibility index (Phi) is 5.48. The maximum atomic E-state index is 12.5. The van der Waals surface area contributed by atoms with Crippen molar-refractivity contribution in [2.45, 2.75) is 44.8 Å². The molecule has 1 aromatic heterocycles. The minimum Gasteiger partial charge on any atom is -0.388 e. The van der Waals surface area contributed by atoms with E-state index in [2.05, 4.69) is 17.2 Å². The van der Waals surface area contributed by atoms with Crippen LogP contribution in [0.1, 0.15) is 42.7 Å². The van der Waals surface area contributed by atoms with Crippen LogP contribution in [0.4, 0.5) is 9.93 Å². The fraction of sp³-hybridized carbons (Fsp3) is 0.444. The molecule has 1 fully saturated rings. The molecule has 3 rings (SSSR count). The summed E-state index contributed by atoms with van der Waals surface area (Å²) in [5.74, 6) is 0. The summed E-state index contributed by atoms with van der Waals surface area (Å²) in [6.45, 7) is 2.80. The minimum absolute atomic E-state index is 0.0609. The van der Waals surface area contributed by atoms with Crippen molar-refractivity contribution < 1.29 is 9.90 Å². The maximum Gasteiger partial charge on any atom is 0.323 e. The molecule has 0 aliphatic carbocycles. The Bertz CT molecular complexity index is 674. The third-order valence-electron chi connectivity index (χ3n) is 4.43. The summed E-state index contributed by atoms with van der Waals surface area (Å²) < 4.78 is 0. The van der Waals surface area contributed by atoms with Gasteiger partial charge in [0.15, 0.2) is 5.13 Å². The normalized spacial score (nSPS) is 18.6. The van der Waals surface area contributed by atoms with E-state index in [9.17, 15) is 9.90 Å². The molecule has 0 spiro atoms. The molecule has 0 saturated carbocycles. The van der Waals surface area contributed by atoms with E-state index in [1.807, 2.05) is 35.2 Å². The van der Waals surface area contributed by atoms with Crippen LogP contribution >= 0.6 is 11.3 Å². The third-order valence-corrected chi connectivity index (χ3v) is 5.49. The molecule has 24 heavy (non-hydrogen) atoms. The Balaban J connectivity index is 1.61. The number of hydrogen-bond acceptors (Lipinski definition) is 4.